The SMILES string of the molecule is COc1nccc(Cl)c1C(Cc1ccc(NC(=O)OC(C)(C)C)cc1[N+](=O)[O-])OC(=O)C(F)(F)F. The number of carbonyl (C=O) groups excluding carboxylic acids is 2. The summed E-state index contributed by atoms with van der Waals surface area (Å²) >= 11 is 6.12. The van der Waals surface area contributed by atoms with E-state index in [1.165, 1.54) is 31.5 Å². The maximum absolute atomic E-state index is 12.9. The number of methoxy groups -OCH3 is 1. The average molecular weight is 520 g/mol. The number of hydrogen-bond acceptors (Lipinski definition) is 8. The summed E-state index contributed by atoms with van der Waals surface area (Å²) in [4.78, 5) is 38.3. The standard InChI is InChI=1S/C21H21ClF3N3O7/c1-20(2,3)35-19(30)27-12-6-5-11(14(10-12)28(31)32)9-15(34-18(29)21(23,24)25)16-13(22)7-8-26-17(16)33-4/h5-8,10,15H,9H2,1-4H3,(H,27,30). The maximum atomic E-state index is 12.9. The van der Waals surface area contributed by atoms with Crippen molar-refractivity contribution in [1.82, 2.24) is 4.98 Å². The average Bonchev–Trinajstić information content (AvgIpc) is 2.71. The highest BCUT2D eigenvalue weighted by Gasteiger charge is 2.43. The number of alkyl halides is 3. The molecule has 1 unspecified atom stereocenters. The number of benzene rings is 1. The summed E-state index contributed by atoms with van der Waals surface area (Å²) in [7, 11) is 1.17. The quantitative estimate of drug-likeness (QED) is 0.293. The normalized spacial score (nSPS) is 12.5. The van der Waals surface area contributed by atoms with Crippen molar-refractivity contribution >= 4 is 35.0 Å². The van der Waals surface area contributed by atoms with Crippen LogP contribution in [-0.4, -0.2) is 40.9 Å². The summed E-state index contributed by atoms with van der Waals surface area (Å²) in [6, 6.07) is 4.69. The summed E-state index contributed by atoms with van der Waals surface area (Å²) < 4.78 is 53.5. The highest BCUT2D eigenvalue weighted by Crippen LogP contribution is 2.38. The van der Waals surface area contributed by atoms with Crippen LogP contribution in [0.2, 0.25) is 5.02 Å². The zero-order valence-electron chi connectivity index (χ0n) is 18.9. The lowest BCUT2D eigenvalue weighted by atomic mass is 10.00. The van der Waals surface area contributed by atoms with Gasteiger partial charge in [-0.2, -0.15) is 13.2 Å². The third-order valence-corrected chi connectivity index (χ3v) is 4.56. The van der Waals surface area contributed by atoms with Crippen molar-refractivity contribution in [1.29, 1.82) is 0 Å². The summed E-state index contributed by atoms with van der Waals surface area (Å²) in [6.07, 6.45) is -7.33. The van der Waals surface area contributed by atoms with Crippen LogP contribution in [0.3, 0.4) is 0 Å². The predicted octanol–water partition coefficient (Wildman–Crippen LogP) is 5.39. The van der Waals surface area contributed by atoms with Crippen LogP contribution < -0.4 is 10.1 Å². The highest BCUT2D eigenvalue weighted by molar-refractivity contribution is 6.31. The van der Waals surface area contributed by atoms with Gasteiger partial charge in [0.2, 0.25) is 5.88 Å². The fourth-order valence-electron chi connectivity index (χ4n) is 2.89. The first-order chi connectivity index (χ1) is 16.1. The number of nitrogens with one attached hydrogen (secondary N) is 1. The van der Waals surface area contributed by atoms with Gasteiger partial charge in [-0.15, -0.1) is 0 Å². The Labute approximate surface area is 202 Å². The molecule has 1 aromatic carbocycles. The molecular weight excluding hydrogens is 499 g/mol. The van der Waals surface area contributed by atoms with Gasteiger partial charge in [-0.05, 0) is 39.0 Å². The monoisotopic (exact) mass is 519 g/mol. The fraction of sp³-hybridized carbons (Fsp3) is 0.381. The number of esters is 1. The number of hydrogen-bond donors (Lipinski definition) is 1. The van der Waals surface area contributed by atoms with Crippen molar-refractivity contribution in [3.8, 4) is 5.88 Å². The minimum absolute atomic E-state index is 0.00414. The lowest BCUT2D eigenvalue weighted by molar-refractivity contribution is -0.385. The third kappa shape index (κ3) is 7.70. The number of nitro groups is 1. The Kier molecular flexibility index (Phi) is 8.50. The smallest absolute Gasteiger partial charge is 0.481 e. The van der Waals surface area contributed by atoms with E-state index in [1.54, 1.807) is 20.8 Å². The van der Waals surface area contributed by atoms with Gasteiger partial charge in [-0.1, -0.05) is 11.6 Å². The number of halogens is 4. The van der Waals surface area contributed by atoms with Crippen molar-refractivity contribution in [3.05, 3.63) is 56.7 Å². The molecule has 0 spiro atoms. The molecule has 0 saturated heterocycles. The minimum Gasteiger partial charge on any atom is -0.481 e. The van der Waals surface area contributed by atoms with Gasteiger partial charge in [0, 0.05) is 24.2 Å². The van der Waals surface area contributed by atoms with Gasteiger partial charge < -0.3 is 14.2 Å². The van der Waals surface area contributed by atoms with Crippen LogP contribution in [-0.2, 0) is 20.7 Å². The first-order valence-electron chi connectivity index (χ1n) is 9.86. The lowest BCUT2D eigenvalue weighted by Crippen LogP contribution is -2.28. The van der Waals surface area contributed by atoms with E-state index >= 15 is 0 Å². The number of aromatic nitrogens is 1. The molecule has 0 radical (unpaired) electrons. The molecular formula is C21H21ClF3N3O7. The Balaban J connectivity index is 2.48. The van der Waals surface area contributed by atoms with Crippen molar-refractivity contribution < 1.29 is 41.9 Å². The molecule has 1 atom stereocenters. The van der Waals surface area contributed by atoms with Crippen molar-refractivity contribution in [2.24, 2.45) is 0 Å². The fourth-order valence-corrected chi connectivity index (χ4v) is 3.15. The molecule has 0 bridgehead atoms. The van der Waals surface area contributed by atoms with Gasteiger partial charge in [-0.3, -0.25) is 15.4 Å². The van der Waals surface area contributed by atoms with Gasteiger partial charge in [0.1, 0.15) is 11.7 Å². The summed E-state index contributed by atoms with van der Waals surface area (Å²) in [5.41, 5.74) is -1.72. The molecule has 1 aromatic heterocycles. The maximum Gasteiger partial charge on any atom is 0.490 e. The van der Waals surface area contributed by atoms with Gasteiger partial charge in [0.25, 0.3) is 5.69 Å². The Morgan fingerprint density at radius 1 is 1.23 bits per heavy atom. The largest absolute Gasteiger partial charge is 0.490 e. The number of ether oxygens (including phenoxy) is 3. The van der Waals surface area contributed by atoms with E-state index in [9.17, 15) is 32.9 Å². The molecule has 2 aromatic rings. The molecule has 1 amide bonds. The van der Waals surface area contributed by atoms with Crippen LogP contribution in [0.15, 0.2) is 30.5 Å². The van der Waals surface area contributed by atoms with Crippen LogP contribution in [0.4, 0.5) is 29.3 Å². The van der Waals surface area contributed by atoms with Crippen molar-refractivity contribution in [2.75, 3.05) is 12.4 Å². The van der Waals surface area contributed by atoms with E-state index in [0.717, 1.165) is 6.07 Å². The molecule has 35 heavy (non-hydrogen) atoms. The third-order valence-electron chi connectivity index (χ3n) is 4.23. The number of nitrogens with zero attached hydrogens (tertiary/aromatic N) is 2. The molecule has 0 saturated carbocycles. The molecule has 1 heterocycles. The second-order valence-corrected chi connectivity index (χ2v) is 8.45. The molecule has 190 valence electrons. The number of nitro benzene ring substituents is 1. The number of carbonyl (C=O) groups is 2. The number of pyridine rings is 1. The Hall–Kier alpha value is -3.61. The Morgan fingerprint density at radius 2 is 1.89 bits per heavy atom. The van der Waals surface area contributed by atoms with Crippen LogP contribution in [0.1, 0.15) is 38.0 Å². The molecule has 0 fully saturated rings. The molecule has 14 heteroatoms. The second-order valence-electron chi connectivity index (χ2n) is 8.04. The first kappa shape index (κ1) is 27.6. The van der Waals surface area contributed by atoms with Crippen LogP contribution in [0, 0.1) is 10.1 Å². The molecule has 0 aliphatic rings. The number of rotatable bonds is 7. The predicted molar refractivity (Wildman–Crippen MR) is 117 cm³/mol. The van der Waals surface area contributed by atoms with Gasteiger partial charge in [0.05, 0.1) is 28.3 Å². The minimum atomic E-state index is -5.34. The lowest BCUT2D eigenvalue weighted by Gasteiger charge is -2.22. The van der Waals surface area contributed by atoms with E-state index in [4.69, 9.17) is 21.1 Å². The van der Waals surface area contributed by atoms with Gasteiger partial charge >= 0.3 is 18.2 Å². The van der Waals surface area contributed by atoms with Crippen molar-refractivity contribution in [2.45, 2.75) is 45.1 Å². The number of anilines is 1. The van der Waals surface area contributed by atoms with E-state index < -0.39 is 47.0 Å². The topological polar surface area (TPSA) is 130 Å². The van der Waals surface area contributed by atoms with Gasteiger partial charge in [-0.25, -0.2) is 14.6 Å². The molecule has 1 N–H and O–H groups in total. The molecule has 0 aliphatic carbocycles. The Morgan fingerprint density at radius 3 is 2.43 bits per heavy atom. The van der Waals surface area contributed by atoms with Crippen molar-refractivity contribution in [3.63, 3.8) is 0 Å². The Bertz CT molecular complexity index is 1120. The van der Waals surface area contributed by atoms with Crippen LogP contribution >= 0.6 is 11.6 Å². The van der Waals surface area contributed by atoms with E-state index in [0.29, 0.717) is 0 Å². The summed E-state index contributed by atoms with van der Waals surface area (Å²) in [5.74, 6) is -2.77. The molecule has 0 aliphatic heterocycles. The van der Waals surface area contributed by atoms with E-state index in [-0.39, 0.29) is 27.7 Å². The van der Waals surface area contributed by atoms with Crippen LogP contribution in [0.25, 0.3) is 0 Å². The van der Waals surface area contributed by atoms with E-state index in [1.807, 2.05) is 0 Å². The second kappa shape index (κ2) is 10.8. The zero-order chi connectivity index (χ0) is 26.6. The van der Waals surface area contributed by atoms with E-state index in [2.05, 4.69) is 15.0 Å². The first-order valence-corrected chi connectivity index (χ1v) is 10.2. The van der Waals surface area contributed by atoms with Crippen LogP contribution in [0.5, 0.6) is 5.88 Å². The molecule has 2 rings (SSSR count). The summed E-state index contributed by atoms with van der Waals surface area (Å²) in [6.45, 7) is 4.87. The molecule has 10 nitrogen and oxygen atoms in total. The number of amides is 1. The zero-order valence-corrected chi connectivity index (χ0v) is 19.7. The van der Waals surface area contributed by atoms with Gasteiger partial charge in [0.15, 0.2) is 0 Å². The summed E-state index contributed by atoms with van der Waals surface area (Å²) in [5, 5.41) is 13.9. The highest BCUT2D eigenvalue weighted by atomic mass is 35.5.